The zero-order valence-corrected chi connectivity index (χ0v) is 17.7. The Labute approximate surface area is 172 Å². The van der Waals surface area contributed by atoms with Crippen LogP contribution in [0.25, 0.3) is 0 Å². The Bertz CT molecular complexity index is 829. The van der Waals surface area contributed by atoms with Gasteiger partial charge in [0.25, 0.3) is 0 Å². The Hall–Kier alpha value is -2.34. The molecule has 0 saturated carbocycles. The summed E-state index contributed by atoms with van der Waals surface area (Å²) >= 11 is 0. The molecule has 0 N–H and O–H groups in total. The zero-order chi connectivity index (χ0) is 20.8. The fourth-order valence-electron chi connectivity index (χ4n) is 4.63. The third kappa shape index (κ3) is 3.78. The van der Waals surface area contributed by atoms with Gasteiger partial charge in [0.05, 0.1) is 12.6 Å². The fourth-order valence-corrected chi connectivity index (χ4v) is 4.63. The average molecular weight is 399 g/mol. The summed E-state index contributed by atoms with van der Waals surface area (Å²) in [4.78, 5) is 29.1. The minimum Gasteiger partial charge on any atom is -0.443 e. The Morgan fingerprint density at radius 2 is 2.00 bits per heavy atom. The Balaban J connectivity index is 1.44. The largest absolute Gasteiger partial charge is 0.443 e. The maximum atomic E-state index is 13.3. The predicted molar refractivity (Wildman–Crippen MR) is 109 cm³/mol. The lowest BCUT2D eigenvalue weighted by Crippen LogP contribution is -2.44. The van der Waals surface area contributed by atoms with Crippen molar-refractivity contribution < 1.29 is 19.1 Å². The molecule has 3 heterocycles. The van der Waals surface area contributed by atoms with Crippen LogP contribution in [0.1, 0.15) is 52.5 Å². The number of carbonyl (C=O) groups is 2. The van der Waals surface area contributed by atoms with Gasteiger partial charge < -0.3 is 14.4 Å². The Morgan fingerprint density at radius 3 is 2.69 bits per heavy atom. The van der Waals surface area contributed by atoms with E-state index in [1.165, 1.54) is 0 Å². The van der Waals surface area contributed by atoms with Crippen molar-refractivity contribution in [1.82, 2.24) is 9.80 Å². The Kier molecular flexibility index (Phi) is 4.93. The second-order valence-corrected chi connectivity index (χ2v) is 9.37. The van der Waals surface area contributed by atoms with Crippen LogP contribution in [-0.2, 0) is 20.0 Å². The van der Waals surface area contributed by atoms with E-state index in [0.717, 1.165) is 24.0 Å². The van der Waals surface area contributed by atoms with Gasteiger partial charge in [-0.2, -0.15) is 0 Å². The first-order valence-corrected chi connectivity index (χ1v) is 10.4. The number of rotatable bonds is 3. The number of nitrogens with zero attached hydrogens (tertiary/aromatic N) is 2. The molecule has 3 atom stereocenters. The van der Waals surface area contributed by atoms with Crippen molar-refractivity contribution in [2.75, 3.05) is 13.2 Å². The van der Waals surface area contributed by atoms with Gasteiger partial charge in [0, 0.05) is 24.2 Å². The van der Waals surface area contributed by atoms with E-state index in [2.05, 4.69) is 0 Å². The van der Waals surface area contributed by atoms with Gasteiger partial charge in [0.1, 0.15) is 5.60 Å². The minimum absolute atomic E-state index is 0.0585. The number of hydrogen-bond acceptors (Lipinski definition) is 4. The van der Waals surface area contributed by atoms with Gasteiger partial charge in [-0.15, -0.1) is 0 Å². The highest BCUT2D eigenvalue weighted by Crippen LogP contribution is 2.45. The van der Waals surface area contributed by atoms with Crippen molar-refractivity contribution in [3.8, 4) is 0 Å². The van der Waals surface area contributed by atoms with E-state index in [1.54, 1.807) is 4.90 Å². The molecule has 156 valence electrons. The molecule has 4 rings (SSSR count). The lowest BCUT2D eigenvalue weighted by atomic mass is 9.95. The normalized spacial score (nSPS) is 29.2. The highest BCUT2D eigenvalue weighted by Gasteiger charge is 2.54. The summed E-state index contributed by atoms with van der Waals surface area (Å²) < 4.78 is 11.5. The smallest absolute Gasteiger partial charge is 0.414 e. The highest BCUT2D eigenvalue weighted by molar-refractivity contribution is 5.83. The first kappa shape index (κ1) is 20.0. The van der Waals surface area contributed by atoms with Gasteiger partial charge in [-0.05, 0) is 47.0 Å². The highest BCUT2D eigenvalue weighted by atomic mass is 16.6. The summed E-state index contributed by atoms with van der Waals surface area (Å²) in [5.41, 5.74) is 0.928. The summed E-state index contributed by atoms with van der Waals surface area (Å²) in [5, 5.41) is 0. The molecule has 0 aliphatic carbocycles. The van der Waals surface area contributed by atoms with Gasteiger partial charge in [-0.25, -0.2) is 4.79 Å². The van der Waals surface area contributed by atoms with Crippen molar-refractivity contribution in [2.24, 2.45) is 5.92 Å². The molecule has 2 saturated heterocycles. The van der Waals surface area contributed by atoms with Crippen LogP contribution in [0.2, 0.25) is 0 Å². The van der Waals surface area contributed by atoms with Gasteiger partial charge in [-0.1, -0.05) is 35.9 Å². The molecule has 6 nitrogen and oxygen atoms in total. The summed E-state index contributed by atoms with van der Waals surface area (Å²) in [7, 11) is 0. The summed E-state index contributed by atoms with van der Waals surface area (Å²) in [6, 6.07) is 10.1. The molecular weight excluding hydrogens is 368 g/mol. The second-order valence-electron chi connectivity index (χ2n) is 9.37. The summed E-state index contributed by atoms with van der Waals surface area (Å²) in [6.07, 6.45) is 3.83. The molecule has 1 aromatic rings. The summed E-state index contributed by atoms with van der Waals surface area (Å²) in [5.74, 6) is 0.0900. The first-order valence-electron chi connectivity index (χ1n) is 10.4. The molecule has 2 amide bonds. The first-order chi connectivity index (χ1) is 13.7. The lowest BCUT2D eigenvalue weighted by molar-refractivity contribution is -0.149. The molecule has 0 spiro atoms. The molecule has 1 aromatic carbocycles. The van der Waals surface area contributed by atoms with Crippen molar-refractivity contribution in [2.45, 2.75) is 64.3 Å². The van der Waals surface area contributed by atoms with Crippen LogP contribution in [0.3, 0.4) is 0 Å². The molecule has 3 aliphatic heterocycles. The van der Waals surface area contributed by atoms with E-state index in [1.807, 2.05) is 69.1 Å². The molecule has 0 bridgehead atoms. The van der Waals surface area contributed by atoms with E-state index >= 15 is 0 Å². The van der Waals surface area contributed by atoms with Crippen molar-refractivity contribution in [3.63, 3.8) is 0 Å². The number of carbonyl (C=O) groups excluding carboxylic acids is 2. The van der Waals surface area contributed by atoms with Gasteiger partial charge in [0.2, 0.25) is 5.91 Å². The van der Waals surface area contributed by atoms with Gasteiger partial charge in [0.15, 0.2) is 5.72 Å². The van der Waals surface area contributed by atoms with Crippen LogP contribution < -0.4 is 0 Å². The standard InChI is InChI=1S/C23H30N2O4/c1-22(2,3)29-21(27)24-11-10-16(14-24)12-17-13-19-15-28-23(4,25(19)20(17)26)18-8-6-5-7-9-18/h5-9,14,17,19H,10-13,15H2,1-4H3/t17-,19+,23-/m1/s1. The maximum absolute atomic E-state index is 13.3. The van der Waals surface area contributed by atoms with Gasteiger partial charge >= 0.3 is 6.09 Å². The quantitative estimate of drug-likeness (QED) is 0.772. The van der Waals surface area contributed by atoms with Crippen LogP contribution in [0.4, 0.5) is 4.79 Å². The van der Waals surface area contributed by atoms with Crippen LogP contribution in [-0.4, -0.2) is 46.6 Å². The minimum atomic E-state index is -0.704. The number of hydrogen-bond donors (Lipinski definition) is 0. The molecule has 29 heavy (non-hydrogen) atoms. The summed E-state index contributed by atoms with van der Waals surface area (Å²) in [6.45, 7) is 8.76. The second kappa shape index (κ2) is 7.17. The molecule has 6 heteroatoms. The van der Waals surface area contributed by atoms with Crippen LogP contribution >= 0.6 is 0 Å². The maximum Gasteiger partial charge on any atom is 0.414 e. The average Bonchev–Trinajstić information content (AvgIpc) is 3.33. The van der Waals surface area contributed by atoms with Crippen molar-refractivity contribution in [3.05, 3.63) is 47.7 Å². The van der Waals surface area contributed by atoms with Crippen LogP contribution in [0.15, 0.2) is 42.1 Å². The molecule has 0 unspecified atom stereocenters. The van der Waals surface area contributed by atoms with E-state index < -0.39 is 11.3 Å². The van der Waals surface area contributed by atoms with Crippen LogP contribution in [0, 0.1) is 5.92 Å². The number of ether oxygens (including phenoxy) is 2. The molecule has 0 radical (unpaired) electrons. The lowest BCUT2D eigenvalue weighted by Gasteiger charge is -2.34. The van der Waals surface area contributed by atoms with Crippen molar-refractivity contribution >= 4 is 12.0 Å². The third-order valence-corrected chi connectivity index (χ3v) is 5.98. The van der Waals surface area contributed by atoms with E-state index in [0.29, 0.717) is 19.6 Å². The SMILES string of the molecule is CC(C)(C)OC(=O)N1C=C(C[C@@H]2C[C@H]3CO[C@](C)(c4ccccc4)N3C2=O)CC1. The molecule has 0 aromatic heterocycles. The molecular formula is C23H30N2O4. The topological polar surface area (TPSA) is 59.1 Å². The monoisotopic (exact) mass is 398 g/mol. The molecule has 3 aliphatic rings. The Morgan fingerprint density at radius 1 is 1.28 bits per heavy atom. The van der Waals surface area contributed by atoms with E-state index in [4.69, 9.17) is 9.47 Å². The zero-order valence-electron chi connectivity index (χ0n) is 17.7. The predicted octanol–water partition coefficient (Wildman–Crippen LogP) is 4.02. The fraction of sp³-hybridized carbons (Fsp3) is 0.565. The number of fused-ring (bicyclic) bond motifs is 1. The van der Waals surface area contributed by atoms with Crippen molar-refractivity contribution in [1.29, 1.82) is 0 Å². The van der Waals surface area contributed by atoms with Gasteiger partial charge in [-0.3, -0.25) is 9.69 Å². The number of amides is 2. The van der Waals surface area contributed by atoms with E-state index in [-0.39, 0.29) is 24.0 Å². The van der Waals surface area contributed by atoms with Crippen LogP contribution in [0.5, 0.6) is 0 Å². The third-order valence-electron chi connectivity index (χ3n) is 5.98. The molecule has 2 fully saturated rings. The van der Waals surface area contributed by atoms with E-state index in [9.17, 15) is 9.59 Å². The number of benzene rings is 1.